The molecule has 43 heavy (non-hydrogen) atoms. The molecule has 0 saturated carbocycles. The molecule has 11 heteroatoms. The van der Waals surface area contributed by atoms with Crippen molar-refractivity contribution < 1.29 is 19.0 Å². The van der Waals surface area contributed by atoms with Gasteiger partial charge in [0.15, 0.2) is 11.5 Å². The van der Waals surface area contributed by atoms with E-state index >= 15 is 0 Å². The molecule has 0 amide bonds. The highest BCUT2D eigenvalue weighted by Gasteiger charge is 2.36. The van der Waals surface area contributed by atoms with Crippen LogP contribution >= 0.6 is 39.3 Å². The number of carbonyl (C=O) groups is 1. The topological polar surface area (TPSA) is 87.5 Å². The molecule has 222 valence electrons. The van der Waals surface area contributed by atoms with Gasteiger partial charge in [-0.25, -0.2) is 9.48 Å². The highest BCUT2D eigenvalue weighted by Crippen LogP contribution is 2.43. The smallest absolute Gasteiger partial charge is 0.338 e. The molecule has 0 aliphatic carbocycles. The molecule has 1 aliphatic heterocycles. The molecule has 4 aromatic rings. The molecule has 3 aromatic carbocycles. The Bertz CT molecular complexity index is 1690. The van der Waals surface area contributed by atoms with E-state index in [1.54, 1.807) is 11.8 Å². The van der Waals surface area contributed by atoms with Gasteiger partial charge in [-0.15, -0.1) is 5.10 Å². The lowest BCUT2D eigenvalue weighted by Crippen LogP contribution is -2.29. The third-order valence-electron chi connectivity index (χ3n) is 6.77. The fourth-order valence-electron chi connectivity index (χ4n) is 4.61. The number of anilines is 1. The van der Waals surface area contributed by atoms with Gasteiger partial charge in [-0.3, -0.25) is 0 Å². The van der Waals surface area contributed by atoms with Crippen LogP contribution in [0.2, 0.25) is 5.02 Å². The molecule has 1 aliphatic rings. The molecule has 1 N–H and O–H groups in total. The largest absolute Gasteiger partial charge is 0.493 e. The number of thioether (sulfide) groups is 1. The summed E-state index contributed by atoms with van der Waals surface area (Å²) < 4.78 is 19.8. The van der Waals surface area contributed by atoms with Crippen molar-refractivity contribution in [1.82, 2.24) is 14.8 Å². The summed E-state index contributed by atoms with van der Waals surface area (Å²) in [6.45, 7) is 7.96. The Labute approximate surface area is 268 Å². The molecule has 5 rings (SSSR count). The Morgan fingerprint density at radius 3 is 2.67 bits per heavy atom. The lowest BCUT2D eigenvalue weighted by molar-refractivity contribution is -0.138. The van der Waals surface area contributed by atoms with Crippen LogP contribution in [0.5, 0.6) is 11.5 Å². The number of nitrogens with one attached hydrogen (secondary N) is 1. The van der Waals surface area contributed by atoms with Crippen molar-refractivity contribution in [2.75, 3.05) is 19.0 Å². The number of halogens is 2. The van der Waals surface area contributed by atoms with Gasteiger partial charge in [-0.05, 0) is 64.7 Å². The molecule has 1 unspecified atom stereocenters. The number of methoxy groups -OCH3 is 1. The first-order chi connectivity index (χ1) is 20.8. The number of esters is 1. The van der Waals surface area contributed by atoms with Crippen molar-refractivity contribution in [3.8, 4) is 11.5 Å². The van der Waals surface area contributed by atoms with Crippen LogP contribution in [0.25, 0.3) is 0 Å². The van der Waals surface area contributed by atoms with Gasteiger partial charge in [0.25, 0.3) is 0 Å². The predicted octanol–water partition coefficient (Wildman–Crippen LogP) is 7.90. The minimum atomic E-state index is -0.660. The third-order valence-corrected chi connectivity index (χ3v) is 8.62. The number of rotatable bonds is 11. The van der Waals surface area contributed by atoms with Gasteiger partial charge in [-0.1, -0.05) is 84.0 Å². The monoisotopic (exact) mass is 680 g/mol. The molecular formula is C32H30BrClN4O4S. The number of nitrogens with zero attached hydrogens (tertiary/aromatic N) is 3. The molecule has 0 radical (unpaired) electrons. The van der Waals surface area contributed by atoms with Crippen LogP contribution in [0, 0.1) is 6.92 Å². The molecule has 1 aromatic heterocycles. The second-order valence-corrected chi connectivity index (χ2v) is 12.0. The summed E-state index contributed by atoms with van der Waals surface area (Å²) in [6, 6.07) is 18.9. The first-order valence-electron chi connectivity index (χ1n) is 13.4. The number of allylic oxidation sites excluding steroid dienone is 1. The maximum absolute atomic E-state index is 13.4. The van der Waals surface area contributed by atoms with E-state index < -0.39 is 12.0 Å². The van der Waals surface area contributed by atoms with E-state index in [0.29, 0.717) is 55.7 Å². The van der Waals surface area contributed by atoms with Crippen molar-refractivity contribution in [2.45, 2.75) is 37.4 Å². The number of carbonyl (C=O) groups excluding carboxylic acids is 1. The number of hydrogen-bond donors (Lipinski definition) is 1. The number of ether oxygens (including phenoxy) is 3. The molecule has 2 heterocycles. The standard InChI is InChI=1S/C32H30BrClN4O4S/c1-5-14-41-30(39)27-20(3)35-31-36-32(43-18-22-8-6-7-9-25(22)34)37-38(31)28(27)23-15-24(33)29(26(16-23)40-4)42-17-21-12-10-19(2)11-13-21/h5-13,15-16,28H,1,14,17-18H2,2-4H3,(H,35,36,37). The summed E-state index contributed by atoms with van der Waals surface area (Å²) in [4.78, 5) is 18.1. The van der Waals surface area contributed by atoms with Gasteiger partial charge in [0.05, 0.1) is 17.2 Å². The average molecular weight is 682 g/mol. The molecule has 0 bridgehead atoms. The minimum absolute atomic E-state index is 0.0737. The minimum Gasteiger partial charge on any atom is -0.493 e. The highest BCUT2D eigenvalue weighted by atomic mass is 79.9. The quantitative estimate of drug-likeness (QED) is 0.0972. The summed E-state index contributed by atoms with van der Waals surface area (Å²) in [5.41, 5.74) is 4.91. The Kier molecular flexibility index (Phi) is 9.79. The Balaban J connectivity index is 1.51. The lowest BCUT2D eigenvalue weighted by Gasteiger charge is -2.28. The van der Waals surface area contributed by atoms with Crippen molar-refractivity contribution in [1.29, 1.82) is 0 Å². The summed E-state index contributed by atoms with van der Waals surface area (Å²) >= 11 is 11.5. The zero-order valence-electron chi connectivity index (χ0n) is 23.9. The first kappa shape index (κ1) is 30.7. The molecule has 8 nitrogen and oxygen atoms in total. The third kappa shape index (κ3) is 6.92. The van der Waals surface area contributed by atoms with Gasteiger partial charge >= 0.3 is 5.97 Å². The van der Waals surface area contributed by atoms with Crippen LogP contribution < -0.4 is 14.8 Å². The molecule has 0 saturated heterocycles. The van der Waals surface area contributed by atoms with Crippen molar-refractivity contribution in [3.63, 3.8) is 0 Å². The summed E-state index contributed by atoms with van der Waals surface area (Å²) in [5.74, 6) is 1.64. The van der Waals surface area contributed by atoms with Crippen LogP contribution in [0.1, 0.15) is 35.2 Å². The predicted molar refractivity (Wildman–Crippen MR) is 173 cm³/mol. The van der Waals surface area contributed by atoms with Gasteiger partial charge in [0.1, 0.15) is 19.3 Å². The van der Waals surface area contributed by atoms with Crippen LogP contribution in [0.15, 0.2) is 94.2 Å². The summed E-state index contributed by atoms with van der Waals surface area (Å²) in [7, 11) is 1.58. The second-order valence-electron chi connectivity index (χ2n) is 9.80. The Morgan fingerprint density at radius 1 is 1.19 bits per heavy atom. The average Bonchev–Trinajstić information content (AvgIpc) is 3.40. The van der Waals surface area contributed by atoms with E-state index in [1.165, 1.54) is 23.4 Å². The number of hydrogen-bond acceptors (Lipinski definition) is 8. The lowest BCUT2D eigenvalue weighted by atomic mass is 9.95. The number of aromatic nitrogens is 3. The molecule has 0 spiro atoms. The molecule has 0 fully saturated rings. The van der Waals surface area contributed by atoms with Gasteiger partial charge in [0.2, 0.25) is 11.1 Å². The molecular weight excluding hydrogens is 652 g/mol. The maximum Gasteiger partial charge on any atom is 0.338 e. The van der Waals surface area contributed by atoms with Crippen LogP contribution in [-0.2, 0) is 21.9 Å². The van der Waals surface area contributed by atoms with Crippen molar-refractivity contribution in [2.24, 2.45) is 0 Å². The Morgan fingerprint density at radius 2 is 1.95 bits per heavy atom. The van der Waals surface area contributed by atoms with Crippen molar-refractivity contribution in [3.05, 3.63) is 116 Å². The second kappa shape index (κ2) is 13.7. The van der Waals surface area contributed by atoms with Crippen LogP contribution in [-0.4, -0.2) is 34.5 Å². The molecule has 1 atom stereocenters. The zero-order chi connectivity index (χ0) is 30.5. The Hall–Kier alpha value is -3.73. The van der Waals surface area contributed by atoms with Gasteiger partial charge in [0, 0.05) is 16.5 Å². The first-order valence-corrected chi connectivity index (χ1v) is 15.6. The normalized spacial score (nSPS) is 14.1. The summed E-state index contributed by atoms with van der Waals surface area (Å²) in [6.07, 6.45) is 1.53. The number of fused-ring (bicyclic) bond motifs is 1. The van der Waals surface area contributed by atoms with E-state index in [-0.39, 0.29) is 6.61 Å². The fraction of sp³-hybridized carbons (Fsp3) is 0.219. The van der Waals surface area contributed by atoms with E-state index in [0.717, 1.165) is 16.7 Å². The fourth-order valence-corrected chi connectivity index (χ4v) is 6.30. The van der Waals surface area contributed by atoms with Crippen LogP contribution in [0.3, 0.4) is 0 Å². The van der Waals surface area contributed by atoms with E-state index in [2.05, 4.69) is 27.8 Å². The van der Waals surface area contributed by atoms with Gasteiger partial charge < -0.3 is 19.5 Å². The van der Waals surface area contributed by atoms with E-state index in [1.807, 2.05) is 74.5 Å². The zero-order valence-corrected chi connectivity index (χ0v) is 27.1. The SMILES string of the molecule is C=CCOC(=O)C1=C(C)Nc2nc(SCc3ccccc3Cl)nn2C1c1cc(Br)c(OCc2ccc(C)cc2)c(OC)c1. The van der Waals surface area contributed by atoms with E-state index in [9.17, 15) is 4.79 Å². The number of aryl methyl sites for hydroxylation is 1. The van der Waals surface area contributed by atoms with Gasteiger partial charge in [-0.2, -0.15) is 4.98 Å². The van der Waals surface area contributed by atoms with Crippen molar-refractivity contribution >= 4 is 51.2 Å². The van der Waals surface area contributed by atoms with E-state index in [4.69, 9.17) is 35.9 Å². The van der Waals surface area contributed by atoms with Crippen LogP contribution in [0.4, 0.5) is 5.95 Å². The summed E-state index contributed by atoms with van der Waals surface area (Å²) in [5, 5.41) is 9.25. The highest BCUT2D eigenvalue weighted by molar-refractivity contribution is 9.10. The maximum atomic E-state index is 13.4. The number of benzene rings is 3.